The normalized spacial score (nSPS) is 10.4. The molecule has 1 heterocycles. The molecule has 0 unspecified atom stereocenters. The predicted molar refractivity (Wildman–Crippen MR) is 80.7 cm³/mol. The van der Waals surface area contributed by atoms with E-state index in [-0.39, 0.29) is 0 Å². The number of thiocarbonyl (C=S) groups is 1. The number of ether oxygens (including phenoxy) is 2. The largest absolute Gasteiger partial charge is 0.389 e. The number of nitrogens with zero attached hydrogens (tertiary/aromatic N) is 1. The topological polar surface area (TPSA) is 69.4 Å². The molecule has 0 amide bonds. The summed E-state index contributed by atoms with van der Waals surface area (Å²) in [5.74, 6) is 0.740. The third-order valence-corrected chi connectivity index (χ3v) is 2.71. The van der Waals surface area contributed by atoms with Gasteiger partial charge in [-0.05, 0) is 25.5 Å². The second-order valence-corrected chi connectivity index (χ2v) is 4.54. The SMILES string of the molecule is COCCOCCCNc1nc(C)ccc1C(N)=S. The molecule has 0 aliphatic rings. The van der Waals surface area contributed by atoms with Crippen LogP contribution in [-0.2, 0) is 9.47 Å². The molecule has 0 spiro atoms. The highest BCUT2D eigenvalue weighted by atomic mass is 32.1. The summed E-state index contributed by atoms with van der Waals surface area (Å²) in [5.41, 5.74) is 7.37. The number of nitrogens with two attached hydrogens (primary N) is 1. The maximum Gasteiger partial charge on any atom is 0.136 e. The van der Waals surface area contributed by atoms with E-state index >= 15 is 0 Å². The van der Waals surface area contributed by atoms with Crippen molar-refractivity contribution in [1.82, 2.24) is 4.98 Å². The van der Waals surface area contributed by atoms with Gasteiger partial charge in [0.15, 0.2) is 0 Å². The Balaban J connectivity index is 2.36. The Morgan fingerprint density at radius 3 is 2.84 bits per heavy atom. The molecule has 0 fully saturated rings. The van der Waals surface area contributed by atoms with Crippen LogP contribution >= 0.6 is 12.2 Å². The Morgan fingerprint density at radius 2 is 2.16 bits per heavy atom. The summed E-state index contributed by atoms with van der Waals surface area (Å²) >= 11 is 5.00. The van der Waals surface area contributed by atoms with Gasteiger partial charge in [-0.25, -0.2) is 4.98 Å². The minimum absolute atomic E-state index is 0.353. The second-order valence-electron chi connectivity index (χ2n) is 4.10. The highest BCUT2D eigenvalue weighted by molar-refractivity contribution is 7.80. The van der Waals surface area contributed by atoms with Gasteiger partial charge in [-0.2, -0.15) is 0 Å². The van der Waals surface area contributed by atoms with Crippen LogP contribution in [0, 0.1) is 6.92 Å². The van der Waals surface area contributed by atoms with E-state index in [1.165, 1.54) is 0 Å². The lowest BCUT2D eigenvalue weighted by molar-refractivity contribution is 0.0705. The monoisotopic (exact) mass is 283 g/mol. The first kappa shape index (κ1) is 15.8. The maximum absolute atomic E-state index is 5.66. The van der Waals surface area contributed by atoms with Crippen molar-refractivity contribution in [1.29, 1.82) is 0 Å². The number of aryl methyl sites for hydroxylation is 1. The average molecular weight is 283 g/mol. The lowest BCUT2D eigenvalue weighted by Crippen LogP contribution is -2.16. The number of rotatable bonds is 9. The second kappa shape index (κ2) is 8.79. The third kappa shape index (κ3) is 5.96. The standard InChI is InChI=1S/C13H21N3O2S/c1-10-4-5-11(12(14)19)13(16-10)15-6-3-7-18-9-8-17-2/h4-5H,3,6-9H2,1-2H3,(H2,14,19)(H,15,16). The molecule has 0 radical (unpaired) electrons. The molecule has 0 aliphatic heterocycles. The minimum atomic E-state index is 0.353. The summed E-state index contributed by atoms with van der Waals surface area (Å²) in [6, 6.07) is 3.79. The molecule has 3 N–H and O–H groups in total. The summed E-state index contributed by atoms with van der Waals surface area (Å²) in [6.45, 7) is 4.63. The lowest BCUT2D eigenvalue weighted by Gasteiger charge is -2.11. The van der Waals surface area contributed by atoms with Crippen LogP contribution in [0.4, 0.5) is 5.82 Å². The van der Waals surface area contributed by atoms with Gasteiger partial charge in [-0.1, -0.05) is 12.2 Å². The van der Waals surface area contributed by atoms with Crippen LogP contribution < -0.4 is 11.1 Å². The van der Waals surface area contributed by atoms with Crippen LogP contribution in [0.3, 0.4) is 0 Å². The molecule has 0 saturated heterocycles. The van der Waals surface area contributed by atoms with E-state index in [1.54, 1.807) is 7.11 Å². The van der Waals surface area contributed by atoms with Gasteiger partial charge in [0, 0.05) is 26.0 Å². The number of nitrogens with one attached hydrogen (secondary N) is 1. The van der Waals surface area contributed by atoms with Gasteiger partial charge < -0.3 is 20.5 Å². The van der Waals surface area contributed by atoms with E-state index in [9.17, 15) is 0 Å². The lowest BCUT2D eigenvalue weighted by atomic mass is 10.2. The van der Waals surface area contributed by atoms with Crippen LogP contribution in [0.1, 0.15) is 17.7 Å². The van der Waals surface area contributed by atoms with Gasteiger partial charge in [0.25, 0.3) is 0 Å². The van der Waals surface area contributed by atoms with Crippen LogP contribution in [0.5, 0.6) is 0 Å². The zero-order valence-corrected chi connectivity index (χ0v) is 12.3. The van der Waals surface area contributed by atoms with Crippen molar-refractivity contribution in [3.05, 3.63) is 23.4 Å². The third-order valence-electron chi connectivity index (χ3n) is 2.49. The molecule has 1 aromatic heterocycles. The number of hydrogen-bond acceptors (Lipinski definition) is 5. The fourth-order valence-electron chi connectivity index (χ4n) is 1.52. The van der Waals surface area contributed by atoms with E-state index in [4.69, 9.17) is 27.4 Å². The average Bonchev–Trinajstić information content (AvgIpc) is 2.37. The Labute approximate surface area is 119 Å². The molecule has 106 valence electrons. The molecule has 0 bridgehead atoms. The van der Waals surface area contributed by atoms with Crippen molar-refractivity contribution in [2.75, 3.05) is 38.8 Å². The molecular formula is C13H21N3O2S. The van der Waals surface area contributed by atoms with Crippen molar-refractivity contribution in [2.45, 2.75) is 13.3 Å². The molecule has 0 aromatic carbocycles. The van der Waals surface area contributed by atoms with E-state index in [0.717, 1.165) is 30.0 Å². The Bertz CT molecular complexity index is 413. The quantitative estimate of drug-likeness (QED) is 0.528. The first-order chi connectivity index (χ1) is 9.15. The molecule has 0 saturated carbocycles. The summed E-state index contributed by atoms with van der Waals surface area (Å²) in [6.07, 6.45) is 0.885. The number of anilines is 1. The van der Waals surface area contributed by atoms with Crippen LogP contribution in [0.25, 0.3) is 0 Å². The zero-order valence-electron chi connectivity index (χ0n) is 11.4. The van der Waals surface area contributed by atoms with Gasteiger partial charge in [0.05, 0.1) is 18.8 Å². The molecule has 5 nitrogen and oxygen atoms in total. The first-order valence-corrected chi connectivity index (χ1v) is 6.64. The van der Waals surface area contributed by atoms with Gasteiger partial charge >= 0.3 is 0 Å². The molecule has 1 rings (SSSR count). The fourth-order valence-corrected chi connectivity index (χ4v) is 1.68. The van der Waals surface area contributed by atoms with E-state index in [2.05, 4.69) is 10.3 Å². The van der Waals surface area contributed by atoms with Crippen molar-refractivity contribution in [2.24, 2.45) is 5.73 Å². The van der Waals surface area contributed by atoms with Crippen molar-refractivity contribution in [3.63, 3.8) is 0 Å². The highest BCUT2D eigenvalue weighted by Gasteiger charge is 2.06. The first-order valence-electron chi connectivity index (χ1n) is 6.23. The Kier molecular flexibility index (Phi) is 7.32. The van der Waals surface area contributed by atoms with E-state index in [1.807, 2.05) is 19.1 Å². The number of aromatic nitrogens is 1. The Hall–Kier alpha value is -1.24. The van der Waals surface area contributed by atoms with Crippen molar-refractivity contribution >= 4 is 23.0 Å². The summed E-state index contributed by atoms with van der Waals surface area (Å²) < 4.78 is 10.3. The van der Waals surface area contributed by atoms with Crippen molar-refractivity contribution in [3.8, 4) is 0 Å². The van der Waals surface area contributed by atoms with E-state index in [0.29, 0.717) is 24.8 Å². The molecule has 19 heavy (non-hydrogen) atoms. The molecule has 0 atom stereocenters. The molecule has 6 heteroatoms. The number of methoxy groups -OCH3 is 1. The number of pyridine rings is 1. The van der Waals surface area contributed by atoms with Crippen LogP contribution in [0.15, 0.2) is 12.1 Å². The maximum atomic E-state index is 5.66. The van der Waals surface area contributed by atoms with Gasteiger partial charge in [-0.15, -0.1) is 0 Å². The van der Waals surface area contributed by atoms with Gasteiger partial charge in [-0.3, -0.25) is 0 Å². The summed E-state index contributed by atoms with van der Waals surface area (Å²) in [7, 11) is 1.66. The number of hydrogen-bond donors (Lipinski definition) is 2. The molecule has 1 aromatic rings. The van der Waals surface area contributed by atoms with Crippen LogP contribution in [0.2, 0.25) is 0 Å². The van der Waals surface area contributed by atoms with Gasteiger partial charge in [0.2, 0.25) is 0 Å². The Morgan fingerprint density at radius 1 is 1.37 bits per heavy atom. The van der Waals surface area contributed by atoms with Crippen molar-refractivity contribution < 1.29 is 9.47 Å². The zero-order chi connectivity index (χ0) is 14.1. The predicted octanol–water partition coefficient (Wildman–Crippen LogP) is 1.49. The van der Waals surface area contributed by atoms with E-state index < -0.39 is 0 Å². The minimum Gasteiger partial charge on any atom is -0.389 e. The smallest absolute Gasteiger partial charge is 0.136 e. The fraction of sp³-hybridized carbons (Fsp3) is 0.538. The van der Waals surface area contributed by atoms with Gasteiger partial charge in [0.1, 0.15) is 10.8 Å². The summed E-state index contributed by atoms with van der Waals surface area (Å²) in [5, 5.41) is 3.24. The summed E-state index contributed by atoms with van der Waals surface area (Å²) in [4.78, 5) is 4.76. The van der Waals surface area contributed by atoms with Crippen LogP contribution in [-0.4, -0.2) is 43.4 Å². The molecule has 0 aliphatic carbocycles. The molecular weight excluding hydrogens is 262 g/mol. The highest BCUT2D eigenvalue weighted by Crippen LogP contribution is 2.13.